The van der Waals surface area contributed by atoms with Crippen LogP contribution >= 0.6 is 0 Å². The maximum absolute atomic E-state index is 10.7. The van der Waals surface area contributed by atoms with Crippen molar-refractivity contribution in [3.05, 3.63) is 94.0 Å². The van der Waals surface area contributed by atoms with E-state index in [9.17, 15) is 10.1 Å². The summed E-state index contributed by atoms with van der Waals surface area (Å²) in [7, 11) is 1.60. The van der Waals surface area contributed by atoms with Crippen molar-refractivity contribution in [2.75, 3.05) is 12.4 Å². The number of anilines is 1. The minimum Gasteiger partial charge on any atom is -0.493 e. The zero-order valence-corrected chi connectivity index (χ0v) is 14.9. The van der Waals surface area contributed by atoms with E-state index in [4.69, 9.17) is 9.47 Å². The zero-order valence-electron chi connectivity index (χ0n) is 14.9. The molecule has 27 heavy (non-hydrogen) atoms. The number of nitro benzene ring substituents is 1. The summed E-state index contributed by atoms with van der Waals surface area (Å²) in [4.78, 5) is 10.3. The van der Waals surface area contributed by atoms with E-state index in [0.29, 0.717) is 24.7 Å². The molecule has 3 aromatic rings. The smallest absolute Gasteiger partial charge is 0.269 e. The van der Waals surface area contributed by atoms with Gasteiger partial charge in [0, 0.05) is 24.4 Å². The first-order valence-corrected chi connectivity index (χ1v) is 8.47. The number of nitrogens with one attached hydrogen (secondary N) is 1. The number of methoxy groups -OCH3 is 1. The maximum Gasteiger partial charge on any atom is 0.269 e. The Morgan fingerprint density at radius 3 is 2.30 bits per heavy atom. The van der Waals surface area contributed by atoms with Gasteiger partial charge < -0.3 is 14.8 Å². The molecule has 0 aromatic heterocycles. The molecule has 6 nitrogen and oxygen atoms in total. The molecule has 0 unspecified atom stereocenters. The van der Waals surface area contributed by atoms with Gasteiger partial charge in [-0.3, -0.25) is 10.1 Å². The first kappa shape index (κ1) is 18.3. The van der Waals surface area contributed by atoms with Gasteiger partial charge in [-0.25, -0.2) is 0 Å². The van der Waals surface area contributed by atoms with Gasteiger partial charge >= 0.3 is 0 Å². The molecule has 0 aliphatic heterocycles. The third kappa shape index (κ3) is 4.98. The van der Waals surface area contributed by atoms with Crippen LogP contribution in [0.1, 0.15) is 11.1 Å². The van der Waals surface area contributed by atoms with Crippen LogP contribution in [0.15, 0.2) is 72.8 Å². The van der Waals surface area contributed by atoms with E-state index in [1.165, 1.54) is 12.1 Å². The Labute approximate surface area is 157 Å². The first-order chi connectivity index (χ1) is 13.2. The average Bonchev–Trinajstić information content (AvgIpc) is 2.72. The minimum absolute atomic E-state index is 0.0617. The molecule has 1 N–H and O–H groups in total. The van der Waals surface area contributed by atoms with Gasteiger partial charge in [-0.15, -0.1) is 0 Å². The fourth-order valence-electron chi connectivity index (χ4n) is 2.58. The van der Waals surface area contributed by atoms with Crippen molar-refractivity contribution >= 4 is 11.4 Å². The summed E-state index contributed by atoms with van der Waals surface area (Å²) in [6.07, 6.45) is 0. The number of benzene rings is 3. The Balaban J connectivity index is 1.62. The lowest BCUT2D eigenvalue weighted by molar-refractivity contribution is -0.384. The predicted octanol–water partition coefficient (Wildman–Crippen LogP) is 4.79. The lowest BCUT2D eigenvalue weighted by Crippen LogP contribution is -2.02. The molecule has 0 bridgehead atoms. The van der Waals surface area contributed by atoms with E-state index in [1.54, 1.807) is 19.2 Å². The van der Waals surface area contributed by atoms with Crippen molar-refractivity contribution < 1.29 is 14.4 Å². The number of nitrogens with zero attached hydrogens (tertiary/aromatic N) is 1. The molecule has 0 aliphatic carbocycles. The topological polar surface area (TPSA) is 73.6 Å². The minimum atomic E-state index is -0.421. The van der Waals surface area contributed by atoms with Crippen LogP contribution in [0.5, 0.6) is 11.5 Å². The number of hydrogen-bond donors (Lipinski definition) is 1. The maximum atomic E-state index is 10.7. The summed E-state index contributed by atoms with van der Waals surface area (Å²) < 4.78 is 11.3. The van der Waals surface area contributed by atoms with Crippen molar-refractivity contribution in [3.63, 3.8) is 0 Å². The number of hydrogen-bond acceptors (Lipinski definition) is 5. The molecule has 0 amide bonds. The second kappa shape index (κ2) is 8.71. The van der Waals surface area contributed by atoms with E-state index < -0.39 is 4.92 Å². The van der Waals surface area contributed by atoms with E-state index >= 15 is 0 Å². The summed E-state index contributed by atoms with van der Waals surface area (Å²) in [6.45, 7) is 0.971. The first-order valence-electron chi connectivity index (χ1n) is 8.47. The second-order valence-corrected chi connectivity index (χ2v) is 5.92. The summed E-state index contributed by atoms with van der Waals surface area (Å²) in [5.41, 5.74) is 3.03. The molecule has 3 rings (SSSR count). The monoisotopic (exact) mass is 364 g/mol. The Kier molecular flexibility index (Phi) is 5.89. The van der Waals surface area contributed by atoms with Gasteiger partial charge in [0.05, 0.1) is 12.0 Å². The molecule has 0 saturated heterocycles. The lowest BCUT2D eigenvalue weighted by Gasteiger charge is -2.13. The molecule has 0 spiro atoms. The van der Waals surface area contributed by atoms with Crippen LogP contribution in [0.4, 0.5) is 11.4 Å². The molecule has 0 radical (unpaired) electrons. The van der Waals surface area contributed by atoms with Gasteiger partial charge in [0.25, 0.3) is 5.69 Å². The lowest BCUT2D eigenvalue weighted by atomic mass is 10.2. The summed E-state index contributed by atoms with van der Waals surface area (Å²) in [5.74, 6) is 1.27. The standard InChI is InChI=1S/C21H20N2O4/c1-26-21-13-17(14-22-18-5-3-2-4-6-18)9-12-20(21)27-15-16-7-10-19(11-8-16)23(24)25/h2-13,22H,14-15H2,1H3. The van der Waals surface area contributed by atoms with Crippen molar-refractivity contribution in [2.45, 2.75) is 13.2 Å². The average molecular weight is 364 g/mol. The highest BCUT2D eigenvalue weighted by Gasteiger charge is 2.08. The van der Waals surface area contributed by atoms with Gasteiger partial charge in [0.2, 0.25) is 0 Å². The highest BCUT2D eigenvalue weighted by Crippen LogP contribution is 2.29. The fraction of sp³-hybridized carbons (Fsp3) is 0.143. The molecule has 0 aliphatic rings. The quantitative estimate of drug-likeness (QED) is 0.459. The van der Waals surface area contributed by atoms with Crippen LogP contribution in [0, 0.1) is 10.1 Å². The summed E-state index contributed by atoms with van der Waals surface area (Å²) in [6, 6.07) is 22.0. The predicted molar refractivity (Wildman–Crippen MR) is 104 cm³/mol. The third-order valence-corrected chi connectivity index (χ3v) is 4.04. The second-order valence-electron chi connectivity index (χ2n) is 5.92. The molecular weight excluding hydrogens is 344 g/mol. The highest BCUT2D eigenvalue weighted by atomic mass is 16.6. The van der Waals surface area contributed by atoms with Gasteiger partial charge in [-0.2, -0.15) is 0 Å². The molecule has 0 saturated carbocycles. The number of ether oxygens (including phenoxy) is 2. The Morgan fingerprint density at radius 2 is 1.63 bits per heavy atom. The highest BCUT2D eigenvalue weighted by molar-refractivity contribution is 5.46. The number of non-ortho nitro benzene ring substituents is 1. The van der Waals surface area contributed by atoms with Crippen molar-refractivity contribution in [1.82, 2.24) is 0 Å². The van der Waals surface area contributed by atoms with E-state index in [-0.39, 0.29) is 5.69 Å². The molecule has 0 fully saturated rings. The van der Waals surface area contributed by atoms with Gasteiger partial charge in [-0.05, 0) is 47.5 Å². The molecular formula is C21H20N2O4. The SMILES string of the molecule is COc1cc(CNc2ccccc2)ccc1OCc1ccc([N+](=O)[O-])cc1. The molecule has 3 aromatic carbocycles. The number of rotatable bonds is 8. The number of nitro groups is 1. The van der Waals surface area contributed by atoms with Crippen LogP contribution in [0.25, 0.3) is 0 Å². The van der Waals surface area contributed by atoms with Crippen molar-refractivity contribution in [3.8, 4) is 11.5 Å². The van der Waals surface area contributed by atoms with E-state index in [2.05, 4.69) is 5.32 Å². The van der Waals surface area contributed by atoms with Crippen molar-refractivity contribution in [2.24, 2.45) is 0 Å². The van der Waals surface area contributed by atoms with Gasteiger partial charge in [0.15, 0.2) is 11.5 Å². The normalized spacial score (nSPS) is 10.3. The van der Waals surface area contributed by atoms with Gasteiger partial charge in [0.1, 0.15) is 6.61 Å². The number of para-hydroxylation sites is 1. The Morgan fingerprint density at radius 1 is 0.926 bits per heavy atom. The summed E-state index contributed by atoms with van der Waals surface area (Å²) in [5, 5.41) is 14.1. The summed E-state index contributed by atoms with van der Waals surface area (Å²) >= 11 is 0. The van der Waals surface area contributed by atoms with Crippen LogP contribution < -0.4 is 14.8 Å². The third-order valence-electron chi connectivity index (χ3n) is 4.04. The largest absolute Gasteiger partial charge is 0.493 e. The van der Waals surface area contributed by atoms with Gasteiger partial charge in [-0.1, -0.05) is 24.3 Å². The van der Waals surface area contributed by atoms with Crippen LogP contribution in [0.3, 0.4) is 0 Å². The van der Waals surface area contributed by atoms with Crippen LogP contribution in [-0.4, -0.2) is 12.0 Å². The van der Waals surface area contributed by atoms with Crippen molar-refractivity contribution in [1.29, 1.82) is 0 Å². The molecule has 0 heterocycles. The Hall–Kier alpha value is -3.54. The zero-order chi connectivity index (χ0) is 19.1. The van der Waals surface area contributed by atoms with Crippen LogP contribution in [-0.2, 0) is 13.2 Å². The molecule has 0 atom stereocenters. The van der Waals surface area contributed by atoms with E-state index in [0.717, 1.165) is 16.8 Å². The molecule has 6 heteroatoms. The molecule has 138 valence electrons. The Bertz CT molecular complexity index is 896. The van der Waals surface area contributed by atoms with E-state index in [1.807, 2.05) is 48.5 Å². The van der Waals surface area contributed by atoms with Crippen LogP contribution in [0.2, 0.25) is 0 Å². The fourth-order valence-corrected chi connectivity index (χ4v) is 2.58.